The minimum absolute atomic E-state index is 0. The molecule has 1 heterocycles. The van der Waals surface area contributed by atoms with Gasteiger partial charge in [-0.05, 0) is 32.6 Å². The number of aromatic amines is 1. The number of hydrogen-bond donors (Lipinski definition) is 2. The summed E-state index contributed by atoms with van der Waals surface area (Å²) < 4.78 is 5.99. The Morgan fingerprint density at radius 2 is 2.05 bits per heavy atom. The summed E-state index contributed by atoms with van der Waals surface area (Å²) in [4.78, 5) is 0. The second-order valence-electron chi connectivity index (χ2n) is 5.76. The number of hydrogen-bond acceptors (Lipinski definition) is 3. The van der Waals surface area contributed by atoms with Crippen LogP contribution < -0.4 is 5.32 Å². The molecule has 2 atom stereocenters. The molecule has 2 rings (SSSR count). The van der Waals surface area contributed by atoms with Crippen LogP contribution in [0, 0.1) is 19.8 Å². The van der Waals surface area contributed by atoms with Crippen LogP contribution in [-0.4, -0.2) is 29.5 Å². The molecule has 116 valence electrons. The van der Waals surface area contributed by atoms with Gasteiger partial charge in [-0.15, -0.1) is 12.4 Å². The highest BCUT2D eigenvalue weighted by Gasteiger charge is 2.21. The second-order valence-corrected chi connectivity index (χ2v) is 5.76. The zero-order valence-corrected chi connectivity index (χ0v) is 13.7. The molecule has 5 heteroatoms. The third-order valence-corrected chi connectivity index (χ3v) is 4.23. The number of ether oxygens (including phenoxy) is 1. The summed E-state index contributed by atoms with van der Waals surface area (Å²) in [6.45, 7) is 9.02. The number of halogens is 1. The predicted molar refractivity (Wildman–Crippen MR) is 84.4 cm³/mol. The number of nitrogens with zero attached hydrogens (tertiary/aromatic N) is 1. The van der Waals surface area contributed by atoms with Crippen molar-refractivity contribution in [3.8, 4) is 0 Å². The average molecular weight is 302 g/mol. The molecule has 1 fully saturated rings. The minimum atomic E-state index is 0. The number of nitrogens with one attached hydrogen (secondary N) is 2. The molecule has 2 N–H and O–H groups in total. The zero-order valence-electron chi connectivity index (χ0n) is 12.9. The van der Waals surface area contributed by atoms with Crippen LogP contribution in [0.3, 0.4) is 0 Å². The van der Waals surface area contributed by atoms with E-state index in [1.54, 1.807) is 0 Å². The highest BCUT2D eigenvalue weighted by Crippen LogP contribution is 2.25. The first kappa shape index (κ1) is 17.5. The van der Waals surface area contributed by atoms with Crippen molar-refractivity contribution in [3.05, 3.63) is 17.0 Å². The van der Waals surface area contributed by atoms with Gasteiger partial charge in [0, 0.05) is 24.3 Å². The van der Waals surface area contributed by atoms with Crippen LogP contribution in [0.25, 0.3) is 0 Å². The lowest BCUT2D eigenvalue weighted by molar-refractivity contribution is -0.00323. The summed E-state index contributed by atoms with van der Waals surface area (Å²) in [6, 6.07) is 0. The fraction of sp³-hybridized carbons (Fsp3) is 0.800. The maximum absolute atomic E-state index is 5.99. The van der Waals surface area contributed by atoms with Gasteiger partial charge in [-0.2, -0.15) is 5.10 Å². The first-order valence-corrected chi connectivity index (χ1v) is 7.51. The average Bonchev–Trinajstić information content (AvgIpc) is 2.72. The predicted octanol–water partition coefficient (Wildman–Crippen LogP) is 3.13. The summed E-state index contributed by atoms with van der Waals surface area (Å²) in [7, 11) is 0. The van der Waals surface area contributed by atoms with Gasteiger partial charge in [-0.3, -0.25) is 5.10 Å². The summed E-state index contributed by atoms with van der Waals surface area (Å²) >= 11 is 0. The van der Waals surface area contributed by atoms with Crippen LogP contribution in [0.2, 0.25) is 0 Å². The van der Waals surface area contributed by atoms with Crippen LogP contribution in [0.5, 0.6) is 0 Å². The van der Waals surface area contributed by atoms with Crippen LogP contribution in [0.15, 0.2) is 0 Å². The van der Waals surface area contributed by atoms with E-state index >= 15 is 0 Å². The molecule has 2 unspecified atom stereocenters. The first-order chi connectivity index (χ1) is 9.18. The largest absolute Gasteiger partial charge is 0.377 e. The molecule has 1 aliphatic rings. The van der Waals surface area contributed by atoms with Gasteiger partial charge >= 0.3 is 0 Å². The van der Waals surface area contributed by atoms with Crippen molar-refractivity contribution in [2.45, 2.75) is 59.1 Å². The molecular weight excluding hydrogens is 274 g/mol. The molecule has 1 aliphatic carbocycles. The van der Waals surface area contributed by atoms with Gasteiger partial charge in [0.2, 0.25) is 0 Å². The highest BCUT2D eigenvalue weighted by atomic mass is 35.5. The molecule has 1 aromatic heterocycles. The van der Waals surface area contributed by atoms with Crippen molar-refractivity contribution in [2.75, 3.05) is 13.2 Å². The van der Waals surface area contributed by atoms with E-state index in [2.05, 4.69) is 29.4 Å². The summed E-state index contributed by atoms with van der Waals surface area (Å²) in [5, 5.41) is 10.7. The standard InChI is InChI=1S/C15H27N3O.ClH/c1-11-6-4-5-7-15(11)19-9-8-16-10-14-12(2)17-18-13(14)3;/h11,15-16H,4-10H2,1-3H3,(H,17,18);1H. The summed E-state index contributed by atoms with van der Waals surface area (Å²) in [5.41, 5.74) is 3.53. The Hall–Kier alpha value is -0.580. The van der Waals surface area contributed by atoms with Crippen molar-refractivity contribution in [1.29, 1.82) is 0 Å². The maximum atomic E-state index is 5.99. The van der Waals surface area contributed by atoms with E-state index in [1.807, 2.05) is 6.92 Å². The van der Waals surface area contributed by atoms with Gasteiger partial charge in [-0.25, -0.2) is 0 Å². The second kappa shape index (κ2) is 8.65. The van der Waals surface area contributed by atoms with E-state index in [9.17, 15) is 0 Å². The van der Waals surface area contributed by atoms with Crippen LogP contribution >= 0.6 is 12.4 Å². The third-order valence-electron chi connectivity index (χ3n) is 4.23. The Morgan fingerprint density at radius 3 is 2.70 bits per heavy atom. The quantitative estimate of drug-likeness (QED) is 0.794. The molecule has 20 heavy (non-hydrogen) atoms. The van der Waals surface area contributed by atoms with Crippen LogP contribution in [0.1, 0.15) is 49.6 Å². The van der Waals surface area contributed by atoms with Gasteiger partial charge in [0.05, 0.1) is 18.4 Å². The molecule has 0 spiro atoms. The molecule has 0 bridgehead atoms. The molecule has 0 radical (unpaired) electrons. The van der Waals surface area contributed by atoms with Gasteiger partial charge in [0.25, 0.3) is 0 Å². The Bertz CT molecular complexity index is 375. The Morgan fingerprint density at radius 1 is 1.30 bits per heavy atom. The highest BCUT2D eigenvalue weighted by molar-refractivity contribution is 5.85. The smallest absolute Gasteiger partial charge is 0.0638 e. The first-order valence-electron chi connectivity index (χ1n) is 7.51. The molecule has 1 aromatic rings. The van der Waals surface area contributed by atoms with E-state index in [0.29, 0.717) is 6.10 Å². The van der Waals surface area contributed by atoms with E-state index in [0.717, 1.165) is 37.0 Å². The number of rotatable bonds is 6. The fourth-order valence-corrected chi connectivity index (χ4v) is 2.86. The maximum Gasteiger partial charge on any atom is 0.0638 e. The number of H-pyrrole nitrogens is 1. The van der Waals surface area contributed by atoms with Crippen molar-refractivity contribution in [2.24, 2.45) is 5.92 Å². The van der Waals surface area contributed by atoms with Crippen molar-refractivity contribution in [3.63, 3.8) is 0 Å². The molecule has 1 saturated carbocycles. The molecule has 0 aliphatic heterocycles. The third kappa shape index (κ3) is 4.76. The topological polar surface area (TPSA) is 49.9 Å². The molecule has 0 saturated heterocycles. The monoisotopic (exact) mass is 301 g/mol. The van der Waals surface area contributed by atoms with Crippen molar-refractivity contribution in [1.82, 2.24) is 15.5 Å². The summed E-state index contributed by atoms with van der Waals surface area (Å²) in [5.74, 6) is 0.729. The fourth-order valence-electron chi connectivity index (χ4n) is 2.86. The Labute approximate surface area is 128 Å². The van der Waals surface area contributed by atoms with E-state index in [4.69, 9.17) is 4.74 Å². The van der Waals surface area contributed by atoms with E-state index in [1.165, 1.54) is 31.2 Å². The lowest BCUT2D eigenvalue weighted by Gasteiger charge is -2.28. The van der Waals surface area contributed by atoms with Gasteiger partial charge in [-0.1, -0.05) is 19.8 Å². The van der Waals surface area contributed by atoms with Crippen LogP contribution in [-0.2, 0) is 11.3 Å². The van der Waals surface area contributed by atoms with Crippen molar-refractivity contribution >= 4 is 12.4 Å². The molecular formula is C15H28ClN3O. The molecule has 0 aromatic carbocycles. The zero-order chi connectivity index (χ0) is 13.7. The van der Waals surface area contributed by atoms with Crippen molar-refractivity contribution < 1.29 is 4.74 Å². The van der Waals surface area contributed by atoms with Gasteiger partial charge < -0.3 is 10.1 Å². The summed E-state index contributed by atoms with van der Waals surface area (Å²) in [6.07, 6.45) is 5.74. The van der Waals surface area contributed by atoms with E-state index in [-0.39, 0.29) is 12.4 Å². The molecule has 0 amide bonds. The van der Waals surface area contributed by atoms with Gasteiger partial charge in [0.15, 0.2) is 0 Å². The van der Waals surface area contributed by atoms with Gasteiger partial charge in [0.1, 0.15) is 0 Å². The molecule has 4 nitrogen and oxygen atoms in total. The normalized spacial score (nSPS) is 22.6. The minimum Gasteiger partial charge on any atom is -0.377 e. The number of aromatic nitrogens is 2. The van der Waals surface area contributed by atoms with Crippen LogP contribution in [0.4, 0.5) is 0 Å². The lowest BCUT2D eigenvalue weighted by atomic mass is 9.88. The SMILES string of the molecule is Cc1n[nH]c(C)c1CNCCOC1CCCCC1C.Cl. The lowest BCUT2D eigenvalue weighted by Crippen LogP contribution is -2.29. The van der Waals surface area contributed by atoms with E-state index < -0.39 is 0 Å². The Kier molecular flexibility index (Phi) is 7.56. The number of aryl methyl sites for hydroxylation is 2. The Balaban J connectivity index is 0.00000200.